The quantitative estimate of drug-likeness (QED) is 0.320. The molecule has 4 aromatic rings. The molecular formula is C27H24F2N4O4S. The van der Waals surface area contributed by atoms with E-state index in [-0.39, 0.29) is 12.0 Å². The van der Waals surface area contributed by atoms with Crippen LogP contribution in [-0.2, 0) is 27.2 Å². The lowest BCUT2D eigenvalue weighted by atomic mass is 9.91. The molecule has 0 saturated carbocycles. The summed E-state index contributed by atoms with van der Waals surface area (Å²) in [4.78, 5) is 43.1. The van der Waals surface area contributed by atoms with Gasteiger partial charge in [0.2, 0.25) is 11.8 Å². The molecule has 1 aliphatic rings. The van der Waals surface area contributed by atoms with Crippen LogP contribution in [0.1, 0.15) is 41.8 Å². The monoisotopic (exact) mass is 538 g/mol. The number of nitrogens with one attached hydrogen (secondary N) is 2. The van der Waals surface area contributed by atoms with Crippen LogP contribution < -0.4 is 10.6 Å². The third-order valence-electron chi connectivity index (χ3n) is 6.46. The highest BCUT2D eigenvalue weighted by atomic mass is 32.1. The molecule has 1 unspecified atom stereocenters. The van der Waals surface area contributed by atoms with Gasteiger partial charge in [0.1, 0.15) is 17.7 Å². The molecule has 2 aromatic heterocycles. The van der Waals surface area contributed by atoms with Gasteiger partial charge in [-0.3, -0.25) is 18.8 Å². The summed E-state index contributed by atoms with van der Waals surface area (Å²) < 4.78 is 28.6. The SMILES string of the molecule is C[C@H](NC(=O)Cc1cc(F)cc(F)c1)C(=O)Nc1ccc(-c2cn3c4c(sc3n2)CCCC4C(=O)O)cc1. The second-order valence-corrected chi connectivity index (χ2v) is 10.3. The van der Waals surface area contributed by atoms with Crippen molar-refractivity contribution >= 4 is 39.8 Å². The number of hydrogen-bond acceptors (Lipinski definition) is 5. The number of aryl methyl sites for hydroxylation is 1. The first-order valence-corrected chi connectivity index (χ1v) is 12.9. The molecule has 0 bridgehead atoms. The summed E-state index contributed by atoms with van der Waals surface area (Å²) in [6.07, 6.45) is 3.90. The largest absolute Gasteiger partial charge is 0.481 e. The van der Waals surface area contributed by atoms with E-state index in [1.165, 1.54) is 18.3 Å². The van der Waals surface area contributed by atoms with Crippen LogP contribution in [-0.4, -0.2) is 38.3 Å². The summed E-state index contributed by atoms with van der Waals surface area (Å²) in [5.41, 5.74) is 2.99. The van der Waals surface area contributed by atoms with Gasteiger partial charge in [-0.25, -0.2) is 13.8 Å². The third-order valence-corrected chi connectivity index (χ3v) is 7.59. The number of hydrogen-bond donors (Lipinski definition) is 3. The Bertz CT molecular complexity index is 1530. The number of fused-ring (bicyclic) bond motifs is 3. The van der Waals surface area contributed by atoms with Crippen molar-refractivity contribution in [3.8, 4) is 11.3 Å². The van der Waals surface area contributed by atoms with Crippen LogP contribution in [0, 0.1) is 11.6 Å². The number of rotatable bonds is 7. The van der Waals surface area contributed by atoms with Gasteiger partial charge >= 0.3 is 5.97 Å². The average Bonchev–Trinajstić information content (AvgIpc) is 3.41. The van der Waals surface area contributed by atoms with Crippen LogP contribution in [0.2, 0.25) is 0 Å². The second kappa shape index (κ2) is 10.3. The maximum atomic E-state index is 13.3. The van der Waals surface area contributed by atoms with E-state index in [0.717, 1.165) is 52.1 Å². The predicted octanol–water partition coefficient (Wildman–Crippen LogP) is 4.53. The number of amides is 2. The molecule has 3 N–H and O–H groups in total. The first kappa shape index (κ1) is 25.5. The Labute approximate surface area is 220 Å². The van der Waals surface area contributed by atoms with E-state index in [2.05, 4.69) is 15.6 Å². The maximum absolute atomic E-state index is 13.3. The molecule has 0 radical (unpaired) electrons. The highest BCUT2D eigenvalue weighted by Crippen LogP contribution is 2.38. The Kier molecular flexibility index (Phi) is 6.94. The zero-order valence-corrected chi connectivity index (χ0v) is 21.1. The van der Waals surface area contributed by atoms with E-state index < -0.39 is 41.4 Å². The van der Waals surface area contributed by atoms with Gasteiger partial charge in [-0.05, 0) is 56.0 Å². The highest BCUT2D eigenvalue weighted by Gasteiger charge is 2.31. The number of carbonyl (C=O) groups is 3. The molecule has 8 nitrogen and oxygen atoms in total. The normalized spacial score (nSPS) is 15.6. The Morgan fingerprint density at radius 1 is 1.16 bits per heavy atom. The number of nitrogens with zero attached hydrogens (tertiary/aromatic N) is 2. The van der Waals surface area contributed by atoms with Gasteiger partial charge in [0.05, 0.1) is 23.7 Å². The van der Waals surface area contributed by atoms with Gasteiger partial charge in [0.15, 0.2) is 4.96 Å². The zero-order chi connectivity index (χ0) is 27.0. The molecule has 0 fully saturated rings. The van der Waals surface area contributed by atoms with Crippen LogP contribution in [0.3, 0.4) is 0 Å². The molecule has 2 heterocycles. The third kappa shape index (κ3) is 5.28. The zero-order valence-electron chi connectivity index (χ0n) is 20.3. The van der Waals surface area contributed by atoms with Crippen molar-refractivity contribution in [3.05, 3.63) is 76.4 Å². The minimum absolute atomic E-state index is 0.168. The van der Waals surface area contributed by atoms with Crippen LogP contribution in [0.5, 0.6) is 0 Å². The second-order valence-electron chi connectivity index (χ2n) is 9.28. The van der Waals surface area contributed by atoms with E-state index >= 15 is 0 Å². The lowest BCUT2D eigenvalue weighted by Gasteiger charge is -2.18. The van der Waals surface area contributed by atoms with Crippen LogP contribution in [0.25, 0.3) is 16.2 Å². The van der Waals surface area contributed by atoms with Crippen molar-refractivity contribution in [2.24, 2.45) is 0 Å². The standard InChI is InChI=1S/C27H24F2N4O4S/c1-14(30-23(34)11-15-9-17(28)12-18(29)10-15)25(35)31-19-7-5-16(6-8-19)21-13-33-24-20(26(36)37)3-2-4-22(24)38-27(33)32-21/h5-10,12-14,20H,2-4,11H2,1H3,(H,30,34)(H,31,35)(H,36,37)/t14-,20?/m0/s1. The number of halogens is 2. The molecule has 5 rings (SSSR count). The van der Waals surface area contributed by atoms with Gasteiger partial charge in [-0.15, -0.1) is 11.3 Å². The summed E-state index contributed by atoms with van der Waals surface area (Å²) >= 11 is 1.52. The smallest absolute Gasteiger partial charge is 0.312 e. The number of anilines is 1. The molecular weight excluding hydrogens is 514 g/mol. The molecule has 1 aliphatic carbocycles. The summed E-state index contributed by atoms with van der Waals surface area (Å²) in [6.45, 7) is 1.51. The predicted molar refractivity (Wildman–Crippen MR) is 138 cm³/mol. The van der Waals surface area contributed by atoms with Crippen molar-refractivity contribution in [2.45, 2.75) is 44.6 Å². The molecule has 2 atom stereocenters. The van der Waals surface area contributed by atoms with Gasteiger partial charge < -0.3 is 15.7 Å². The number of carboxylic acid groups (broad SMARTS) is 1. The fourth-order valence-corrected chi connectivity index (χ4v) is 5.87. The number of carboxylic acids is 1. The van der Waals surface area contributed by atoms with Crippen molar-refractivity contribution < 1.29 is 28.3 Å². The molecule has 0 spiro atoms. The van der Waals surface area contributed by atoms with E-state index in [4.69, 9.17) is 0 Å². The number of aromatic nitrogens is 2. The molecule has 196 valence electrons. The average molecular weight is 539 g/mol. The lowest BCUT2D eigenvalue weighted by Crippen LogP contribution is -2.42. The van der Waals surface area contributed by atoms with E-state index in [0.29, 0.717) is 17.8 Å². The molecule has 0 saturated heterocycles. The Balaban J connectivity index is 1.23. The lowest BCUT2D eigenvalue weighted by molar-refractivity contribution is -0.139. The van der Waals surface area contributed by atoms with Crippen molar-refractivity contribution in [3.63, 3.8) is 0 Å². The van der Waals surface area contributed by atoms with Gasteiger partial charge in [-0.2, -0.15) is 0 Å². The molecule has 2 aromatic carbocycles. The van der Waals surface area contributed by atoms with Crippen LogP contribution >= 0.6 is 11.3 Å². The summed E-state index contributed by atoms with van der Waals surface area (Å²) in [7, 11) is 0. The number of aliphatic carboxylic acids is 1. The Hall–Kier alpha value is -4.12. The maximum Gasteiger partial charge on any atom is 0.312 e. The topological polar surface area (TPSA) is 113 Å². The van der Waals surface area contributed by atoms with Gasteiger partial charge in [0.25, 0.3) is 0 Å². The fourth-order valence-electron chi connectivity index (χ4n) is 4.66. The van der Waals surface area contributed by atoms with Gasteiger partial charge in [0, 0.05) is 28.4 Å². The van der Waals surface area contributed by atoms with Crippen molar-refractivity contribution in [2.75, 3.05) is 5.32 Å². The first-order chi connectivity index (χ1) is 18.2. The molecule has 38 heavy (non-hydrogen) atoms. The summed E-state index contributed by atoms with van der Waals surface area (Å²) in [6, 6.07) is 8.99. The molecule has 11 heteroatoms. The fraction of sp³-hybridized carbons (Fsp3) is 0.259. The highest BCUT2D eigenvalue weighted by molar-refractivity contribution is 7.17. The van der Waals surface area contributed by atoms with E-state index in [9.17, 15) is 28.3 Å². The Morgan fingerprint density at radius 3 is 2.55 bits per heavy atom. The summed E-state index contributed by atoms with van der Waals surface area (Å²) in [5.74, 6) is -3.91. The molecule has 2 amide bonds. The van der Waals surface area contributed by atoms with E-state index in [1.54, 1.807) is 24.3 Å². The molecule has 0 aliphatic heterocycles. The summed E-state index contributed by atoms with van der Waals surface area (Å²) in [5, 5.41) is 14.9. The first-order valence-electron chi connectivity index (χ1n) is 12.1. The minimum Gasteiger partial charge on any atom is -0.481 e. The minimum atomic E-state index is -0.881. The van der Waals surface area contributed by atoms with Crippen LogP contribution in [0.15, 0.2) is 48.7 Å². The Morgan fingerprint density at radius 2 is 1.87 bits per heavy atom. The number of benzene rings is 2. The number of thiazole rings is 1. The van der Waals surface area contributed by atoms with Crippen molar-refractivity contribution in [1.82, 2.24) is 14.7 Å². The van der Waals surface area contributed by atoms with Crippen molar-refractivity contribution in [1.29, 1.82) is 0 Å². The number of imidazole rings is 1. The van der Waals surface area contributed by atoms with Gasteiger partial charge in [-0.1, -0.05) is 12.1 Å². The van der Waals surface area contributed by atoms with E-state index in [1.807, 2.05) is 10.6 Å². The van der Waals surface area contributed by atoms with Crippen LogP contribution in [0.4, 0.5) is 14.5 Å². The number of carbonyl (C=O) groups excluding carboxylic acids is 2.